The molecule has 1 aliphatic heterocycles. The number of nitrogens with zero attached hydrogens (tertiary/aromatic N) is 2. The molecule has 1 N–H and O–H groups in total. The van der Waals surface area contributed by atoms with E-state index in [0.717, 1.165) is 29.9 Å². The summed E-state index contributed by atoms with van der Waals surface area (Å²) in [6.07, 6.45) is 0.844. The van der Waals surface area contributed by atoms with E-state index >= 15 is 0 Å². The van der Waals surface area contributed by atoms with Gasteiger partial charge in [-0.25, -0.2) is 13.8 Å². The number of aliphatic hydroxyl groups is 1. The maximum Gasteiger partial charge on any atom is 0.301 e. The molecule has 178 valence electrons. The zero-order valence-electron chi connectivity index (χ0n) is 18.3. The van der Waals surface area contributed by atoms with E-state index in [1.165, 1.54) is 16.2 Å². The van der Waals surface area contributed by atoms with Gasteiger partial charge in [-0.3, -0.25) is 14.5 Å². The van der Waals surface area contributed by atoms with Gasteiger partial charge in [-0.1, -0.05) is 24.3 Å². The van der Waals surface area contributed by atoms with Crippen molar-refractivity contribution in [2.24, 2.45) is 0 Å². The van der Waals surface area contributed by atoms with Gasteiger partial charge in [0.05, 0.1) is 22.4 Å². The third kappa shape index (κ3) is 4.08. The van der Waals surface area contributed by atoms with Gasteiger partial charge in [0, 0.05) is 16.5 Å². The minimum Gasteiger partial charge on any atom is -0.507 e. The van der Waals surface area contributed by atoms with E-state index in [9.17, 15) is 23.5 Å². The predicted octanol–water partition coefficient (Wildman–Crippen LogP) is 6.05. The molecule has 4 aromatic rings. The molecule has 2 aromatic carbocycles. The lowest BCUT2D eigenvalue weighted by Gasteiger charge is -2.21. The summed E-state index contributed by atoms with van der Waals surface area (Å²) < 4.78 is 33.4. The average Bonchev–Trinajstić information content (AvgIpc) is 3.57. The van der Waals surface area contributed by atoms with Crippen LogP contribution in [-0.4, -0.2) is 28.4 Å². The second-order valence-electron chi connectivity index (χ2n) is 7.79. The van der Waals surface area contributed by atoms with E-state index in [1.54, 1.807) is 41.8 Å². The third-order valence-electron chi connectivity index (χ3n) is 5.48. The fraction of sp³-hybridized carbons (Fsp3) is 0.160. The number of ketones is 1. The highest BCUT2D eigenvalue weighted by Crippen LogP contribution is 2.45. The Balaban J connectivity index is 1.62. The number of thiazole rings is 1. The molecule has 5 rings (SSSR count). The van der Waals surface area contributed by atoms with Gasteiger partial charge < -0.3 is 9.84 Å². The predicted molar refractivity (Wildman–Crippen MR) is 131 cm³/mol. The Labute approximate surface area is 206 Å². The van der Waals surface area contributed by atoms with E-state index in [-0.39, 0.29) is 22.0 Å². The number of benzene rings is 2. The van der Waals surface area contributed by atoms with Crippen LogP contribution in [0.2, 0.25) is 0 Å². The van der Waals surface area contributed by atoms with Crippen molar-refractivity contribution in [1.82, 2.24) is 4.98 Å². The van der Waals surface area contributed by atoms with Crippen molar-refractivity contribution in [2.45, 2.75) is 19.4 Å². The van der Waals surface area contributed by atoms with Crippen LogP contribution in [0.15, 0.2) is 59.5 Å². The maximum absolute atomic E-state index is 13.7. The molecule has 0 saturated carbocycles. The molecule has 1 atom stereocenters. The Kier molecular flexibility index (Phi) is 6.08. The molecule has 6 nitrogen and oxygen atoms in total. The number of aliphatic hydroxyl groups excluding tert-OH is 1. The summed E-state index contributed by atoms with van der Waals surface area (Å²) in [5, 5.41) is 13.0. The normalized spacial score (nSPS) is 17.5. The number of rotatable bonds is 6. The highest BCUT2D eigenvalue weighted by Gasteiger charge is 2.48. The van der Waals surface area contributed by atoms with Crippen molar-refractivity contribution in [1.29, 1.82) is 0 Å². The molecular weight excluding hydrogens is 494 g/mol. The molecule has 1 aliphatic rings. The number of aromatic nitrogens is 1. The SMILES string of the molecule is CCCOc1ccc(/C(O)=C2\C(=O)C(=O)N(c3nc4cc(F)c(F)cc4s3)C2c2cccs2)cc1. The first kappa shape index (κ1) is 23.1. The van der Waals surface area contributed by atoms with Gasteiger partial charge in [0.2, 0.25) is 0 Å². The number of carbonyl (C=O) groups is 2. The van der Waals surface area contributed by atoms with Crippen LogP contribution in [0.5, 0.6) is 5.75 Å². The zero-order chi connectivity index (χ0) is 24.7. The molecule has 3 heterocycles. The summed E-state index contributed by atoms with van der Waals surface area (Å²) in [6, 6.07) is 11.1. The van der Waals surface area contributed by atoms with E-state index in [4.69, 9.17) is 4.74 Å². The fourth-order valence-corrected chi connectivity index (χ4v) is 5.67. The molecule has 1 unspecified atom stereocenters. The van der Waals surface area contributed by atoms with Crippen LogP contribution in [0.25, 0.3) is 16.0 Å². The zero-order valence-corrected chi connectivity index (χ0v) is 20.0. The quantitative estimate of drug-likeness (QED) is 0.193. The van der Waals surface area contributed by atoms with E-state index in [1.807, 2.05) is 6.92 Å². The van der Waals surface area contributed by atoms with Crippen LogP contribution in [0.3, 0.4) is 0 Å². The summed E-state index contributed by atoms with van der Waals surface area (Å²) in [5.41, 5.74) is 0.427. The maximum atomic E-state index is 13.7. The highest BCUT2D eigenvalue weighted by atomic mass is 32.1. The lowest BCUT2D eigenvalue weighted by molar-refractivity contribution is -0.132. The summed E-state index contributed by atoms with van der Waals surface area (Å²) in [5.74, 6) is -3.55. The largest absolute Gasteiger partial charge is 0.507 e. The number of carbonyl (C=O) groups excluding carboxylic acids is 2. The smallest absolute Gasteiger partial charge is 0.301 e. The molecule has 1 fully saturated rings. The Bertz CT molecular complexity index is 1420. The molecule has 2 aromatic heterocycles. The summed E-state index contributed by atoms with van der Waals surface area (Å²) in [4.78, 5) is 32.4. The molecule has 0 spiro atoms. The van der Waals surface area contributed by atoms with Gasteiger partial charge >= 0.3 is 5.91 Å². The number of halogens is 2. The number of thiophene rings is 1. The van der Waals surface area contributed by atoms with Crippen molar-refractivity contribution in [3.8, 4) is 5.75 Å². The van der Waals surface area contributed by atoms with Crippen molar-refractivity contribution >= 4 is 55.5 Å². The van der Waals surface area contributed by atoms with Gasteiger partial charge in [-0.15, -0.1) is 11.3 Å². The van der Waals surface area contributed by atoms with Gasteiger partial charge in [0.25, 0.3) is 5.78 Å². The summed E-state index contributed by atoms with van der Waals surface area (Å²) in [7, 11) is 0. The van der Waals surface area contributed by atoms with Crippen molar-refractivity contribution in [3.05, 3.63) is 81.6 Å². The number of hydrogen-bond donors (Lipinski definition) is 1. The number of hydrogen-bond acceptors (Lipinski definition) is 7. The van der Waals surface area contributed by atoms with Crippen LogP contribution >= 0.6 is 22.7 Å². The van der Waals surface area contributed by atoms with Crippen LogP contribution in [-0.2, 0) is 9.59 Å². The first-order valence-electron chi connectivity index (χ1n) is 10.7. The van der Waals surface area contributed by atoms with Gasteiger partial charge in [-0.05, 0) is 48.2 Å². The van der Waals surface area contributed by atoms with Gasteiger partial charge in [0.15, 0.2) is 16.8 Å². The van der Waals surface area contributed by atoms with Gasteiger partial charge in [0.1, 0.15) is 17.6 Å². The number of ether oxygens (including phenoxy) is 1. The van der Waals surface area contributed by atoms with E-state index in [0.29, 0.717) is 27.5 Å². The van der Waals surface area contributed by atoms with E-state index in [2.05, 4.69) is 4.98 Å². The minimum absolute atomic E-state index is 0.0868. The lowest BCUT2D eigenvalue weighted by atomic mass is 10.00. The Morgan fingerprint density at radius 3 is 2.57 bits per heavy atom. The monoisotopic (exact) mass is 512 g/mol. The first-order valence-corrected chi connectivity index (χ1v) is 12.4. The number of fused-ring (bicyclic) bond motifs is 1. The number of anilines is 1. The topological polar surface area (TPSA) is 79.7 Å². The summed E-state index contributed by atoms with van der Waals surface area (Å²) in [6.45, 7) is 2.53. The third-order valence-corrected chi connectivity index (χ3v) is 7.43. The molecule has 0 bridgehead atoms. The van der Waals surface area contributed by atoms with Gasteiger partial charge in [-0.2, -0.15) is 0 Å². The molecule has 0 radical (unpaired) electrons. The molecule has 0 aliphatic carbocycles. The fourth-order valence-electron chi connectivity index (χ4n) is 3.84. The van der Waals surface area contributed by atoms with E-state index < -0.39 is 29.4 Å². The minimum atomic E-state index is -1.06. The molecule has 10 heteroatoms. The van der Waals surface area contributed by atoms with Crippen LogP contribution in [0, 0.1) is 11.6 Å². The number of amides is 1. The van der Waals surface area contributed by atoms with Crippen LogP contribution in [0.4, 0.5) is 13.9 Å². The second kappa shape index (κ2) is 9.20. The molecule has 35 heavy (non-hydrogen) atoms. The highest BCUT2D eigenvalue weighted by molar-refractivity contribution is 7.22. The Morgan fingerprint density at radius 1 is 1.14 bits per heavy atom. The second-order valence-corrected chi connectivity index (χ2v) is 9.78. The van der Waals surface area contributed by atoms with Crippen molar-refractivity contribution < 1.29 is 28.2 Å². The molecular formula is C25H18F2N2O4S2. The average molecular weight is 513 g/mol. The van der Waals surface area contributed by atoms with Crippen LogP contribution in [0.1, 0.15) is 29.8 Å². The standard InChI is InChI=1S/C25H18F2N2O4S2/c1-2-9-33-14-7-5-13(6-8-14)22(30)20-21(18-4-3-10-34-18)29(24(32)23(20)31)25-28-17-11-15(26)16(27)12-19(17)35-25/h3-8,10-12,21,30H,2,9H2,1H3/b22-20+. The lowest BCUT2D eigenvalue weighted by Crippen LogP contribution is -2.28. The van der Waals surface area contributed by atoms with Crippen molar-refractivity contribution in [2.75, 3.05) is 11.5 Å². The first-order chi connectivity index (χ1) is 16.9. The molecule has 1 saturated heterocycles. The molecule has 1 amide bonds. The Morgan fingerprint density at radius 2 is 1.89 bits per heavy atom. The van der Waals surface area contributed by atoms with Crippen molar-refractivity contribution in [3.63, 3.8) is 0 Å². The Hall–Kier alpha value is -3.63. The number of Topliss-reactive ketones (excluding diaryl/α,β-unsaturated/α-hetero) is 1. The van der Waals surface area contributed by atoms with Crippen LogP contribution < -0.4 is 9.64 Å². The summed E-state index contributed by atoms with van der Waals surface area (Å²) >= 11 is 2.27.